The molecule has 2 atom stereocenters. The van der Waals surface area contributed by atoms with Gasteiger partial charge in [0.15, 0.2) is 0 Å². The summed E-state index contributed by atoms with van der Waals surface area (Å²) in [7, 11) is 1.73. The molecule has 0 saturated heterocycles. The summed E-state index contributed by atoms with van der Waals surface area (Å²) in [6, 6.07) is 6.22. The van der Waals surface area contributed by atoms with E-state index in [1.165, 1.54) is 11.1 Å². The Labute approximate surface area is 91.2 Å². The van der Waals surface area contributed by atoms with Crippen LogP contribution in [0.2, 0.25) is 0 Å². The number of ether oxygens (including phenoxy) is 2. The second-order valence-electron chi connectivity index (χ2n) is 4.08. The van der Waals surface area contributed by atoms with Crippen LogP contribution in [0.15, 0.2) is 18.2 Å². The van der Waals surface area contributed by atoms with Crippen molar-refractivity contribution in [3.63, 3.8) is 0 Å². The van der Waals surface area contributed by atoms with Crippen LogP contribution in [0.1, 0.15) is 37.5 Å². The van der Waals surface area contributed by atoms with Gasteiger partial charge >= 0.3 is 0 Å². The third-order valence-electron chi connectivity index (χ3n) is 3.00. The smallest absolute Gasteiger partial charge is 0.122 e. The fourth-order valence-electron chi connectivity index (χ4n) is 2.30. The monoisotopic (exact) mass is 206 g/mol. The topological polar surface area (TPSA) is 18.5 Å². The van der Waals surface area contributed by atoms with Crippen LogP contribution in [0.3, 0.4) is 0 Å². The lowest BCUT2D eigenvalue weighted by Gasteiger charge is -2.30. The van der Waals surface area contributed by atoms with Crippen LogP contribution < -0.4 is 4.74 Å². The molecule has 2 nitrogen and oxygen atoms in total. The molecular weight excluding hydrogens is 188 g/mol. The fourth-order valence-corrected chi connectivity index (χ4v) is 2.30. The standard InChI is InChI=1S/C13H18O2/c1-4-12-10-6-5-7-13(14-3)11(10)8-9(2)15-12/h5-7,9,12H,4,8H2,1-3H3/t9-,12?/m1/s1. The quantitative estimate of drug-likeness (QED) is 0.740. The number of hydrogen-bond acceptors (Lipinski definition) is 2. The van der Waals surface area contributed by atoms with E-state index in [9.17, 15) is 0 Å². The third-order valence-corrected chi connectivity index (χ3v) is 3.00. The van der Waals surface area contributed by atoms with Gasteiger partial charge in [0.05, 0.1) is 19.3 Å². The molecule has 82 valence electrons. The van der Waals surface area contributed by atoms with Crippen LogP contribution in [0, 0.1) is 0 Å². The van der Waals surface area contributed by atoms with Crippen molar-refractivity contribution in [3.05, 3.63) is 29.3 Å². The van der Waals surface area contributed by atoms with Crippen molar-refractivity contribution in [1.29, 1.82) is 0 Å². The Bertz CT molecular complexity index is 346. The van der Waals surface area contributed by atoms with Gasteiger partial charge in [-0.2, -0.15) is 0 Å². The first-order valence-electron chi connectivity index (χ1n) is 5.57. The molecule has 0 fully saturated rings. The predicted molar refractivity (Wildman–Crippen MR) is 60.3 cm³/mol. The summed E-state index contributed by atoms with van der Waals surface area (Å²) in [5, 5.41) is 0. The third kappa shape index (κ3) is 1.86. The molecule has 15 heavy (non-hydrogen) atoms. The Morgan fingerprint density at radius 2 is 2.27 bits per heavy atom. The van der Waals surface area contributed by atoms with Crippen LogP contribution in [0.4, 0.5) is 0 Å². The minimum Gasteiger partial charge on any atom is -0.496 e. The fraction of sp³-hybridized carbons (Fsp3) is 0.538. The number of benzene rings is 1. The largest absolute Gasteiger partial charge is 0.496 e. The minimum absolute atomic E-state index is 0.235. The second-order valence-corrected chi connectivity index (χ2v) is 4.08. The predicted octanol–water partition coefficient (Wildman–Crippen LogP) is 3.11. The van der Waals surface area contributed by atoms with E-state index in [0.717, 1.165) is 18.6 Å². The van der Waals surface area contributed by atoms with E-state index in [4.69, 9.17) is 9.47 Å². The van der Waals surface area contributed by atoms with Crippen molar-refractivity contribution in [1.82, 2.24) is 0 Å². The van der Waals surface area contributed by atoms with Crippen molar-refractivity contribution in [2.45, 2.75) is 38.9 Å². The Balaban J connectivity index is 2.45. The summed E-state index contributed by atoms with van der Waals surface area (Å²) in [4.78, 5) is 0. The van der Waals surface area contributed by atoms with Gasteiger partial charge in [-0.15, -0.1) is 0 Å². The Morgan fingerprint density at radius 3 is 2.93 bits per heavy atom. The van der Waals surface area contributed by atoms with Crippen molar-refractivity contribution in [3.8, 4) is 5.75 Å². The van der Waals surface area contributed by atoms with Crippen molar-refractivity contribution < 1.29 is 9.47 Å². The number of fused-ring (bicyclic) bond motifs is 1. The minimum atomic E-state index is 0.235. The molecule has 0 aliphatic carbocycles. The van der Waals surface area contributed by atoms with Crippen LogP contribution in [0.5, 0.6) is 5.75 Å². The van der Waals surface area contributed by atoms with E-state index in [2.05, 4.69) is 19.9 Å². The zero-order valence-corrected chi connectivity index (χ0v) is 9.62. The molecule has 0 radical (unpaired) electrons. The van der Waals surface area contributed by atoms with Crippen LogP contribution in [0.25, 0.3) is 0 Å². The molecule has 0 saturated carbocycles. The molecule has 0 spiro atoms. The molecule has 2 heteroatoms. The van der Waals surface area contributed by atoms with Gasteiger partial charge in [-0.05, 0) is 25.0 Å². The van der Waals surface area contributed by atoms with Crippen LogP contribution in [-0.2, 0) is 11.2 Å². The molecule has 1 aliphatic heterocycles. The van der Waals surface area contributed by atoms with Crippen molar-refractivity contribution >= 4 is 0 Å². The lowest BCUT2D eigenvalue weighted by molar-refractivity contribution is -0.0178. The molecule has 0 bridgehead atoms. The van der Waals surface area contributed by atoms with E-state index in [1.54, 1.807) is 7.11 Å². The highest BCUT2D eigenvalue weighted by molar-refractivity contribution is 5.43. The molecule has 1 aromatic carbocycles. The highest BCUT2D eigenvalue weighted by Crippen LogP contribution is 2.36. The van der Waals surface area contributed by atoms with Crippen LogP contribution in [-0.4, -0.2) is 13.2 Å². The number of methoxy groups -OCH3 is 1. The molecule has 1 heterocycles. The molecular formula is C13H18O2. The first-order chi connectivity index (χ1) is 7.26. The normalized spacial score (nSPS) is 24.7. The van der Waals surface area contributed by atoms with E-state index < -0.39 is 0 Å². The van der Waals surface area contributed by atoms with Gasteiger partial charge in [0, 0.05) is 12.0 Å². The lowest BCUT2D eigenvalue weighted by Crippen LogP contribution is -2.23. The Hall–Kier alpha value is -1.02. The van der Waals surface area contributed by atoms with Gasteiger partial charge < -0.3 is 9.47 Å². The number of rotatable bonds is 2. The summed E-state index contributed by atoms with van der Waals surface area (Å²) in [6.45, 7) is 4.28. The zero-order chi connectivity index (χ0) is 10.8. The maximum atomic E-state index is 5.91. The average Bonchev–Trinajstić information content (AvgIpc) is 2.27. The van der Waals surface area contributed by atoms with Gasteiger partial charge in [0.25, 0.3) is 0 Å². The maximum absolute atomic E-state index is 5.91. The summed E-state index contributed by atoms with van der Waals surface area (Å²) in [5.41, 5.74) is 2.63. The highest BCUT2D eigenvalue weighted by Gasteiger charge is 2.25. The van der Waals surface area contributed by atoms with Gasteiger partial charge in [-0.3, -0.25) is 0 Å². The van der Waals surface area contributed by atoms with E-state index in [1.807, 2.05) is 12.1 Å². The SMILES string of the molecule is CCC1O[C@H](C)Cc2c(OC)cccc21. The summed E-state index contributed by atoms with van der Waals surface area (Å²) in [6.07, 6.45) is 2.50. The summed E-state index contributed by atoms with van der Waals surface area (Å²) < 4.78 is 11.3. The Morgan fingerprint density at radius 1 is 1.47 bits per heavy atom. The van der Waals surface area contributed by atoms with Crippen LogP contribution >= 0.6 is 0 Å². The van der Waals surface area contributed by atoms with Crippen molar-refractivity contribution in [2.75, 3.05) is 7.11 Å². The molecule has 1 aliphatic rings. The molecule has 0 N–H and O–H groups in total. The molecule has 0 amide bonds. The first-order valence-corrected chi connectivity index (χ1v) is 5.57. The average molecular weight is 206 g/mol. The van der Waals surface area contributed by atoms with Gasteiger partial charge in [-0.25, -0.2) is 0 Å². The summed E-state index contributed by atoms with van der Waals surface area (Å²) in [5.74, 6) is 1.00. The number of hydrogen-bond donors (Lipinski definition) is 0. The summed E-state index contributed by atoms with van der Waals surface area (Å²) >= 11 is 0. The lowest BCUT2D eigenvalue weighted by atomic mass is 9.92. The van der Waals surface area contributed by atoms with E-state index >= 15 is 0 Å². The van der Waals surface area contributed by atoms with Gasteiger partial charge in [0.2, 0.25) is 0 Å². The zero-order valence-electron chi connectivity index (χ0n) is 9.62. The van der Waals surface area contributed by atoms with Gasteiger partial charge in [-0.1, -0.05) is 19.1 Å². The Kier molecular flexibility index (Phi) is 2.96. The molecule has 0 aromatic heterocycles. The van der Waals surface area contributed by atoms with E-state index in [-0.39, 0.29) is 6.10 Å². The highest BCUT2D eigenvalue weighted by atomic mass is 16.5. The van der Waals surface area contributed by atoms with Gasteiger partial charge in [0.1, 0.15) is 5.75 Å². The maximum Gasteiger partial charge on any atom is 0.122 e. The first kappa shape index (κ1) is 10.5. The second kappa shape index (κ2) is 4.23. The molecule has 1 unspecified atom stereocenters. The molecule has 2 rings (SSSR count). The van der Waals surface area contributed by atoms with Crippen molar-refractivity contribution in [2.24, 2.45) is 0 Å². The molecule has 1 aromatic rings. The van der Waals surface area contributed by atoms with E-state index in [0.29, 0.717) is 6.10 Å².